The van der Waals surface area contributed by atoms with Crippen LogP contribution in [0.1, 0.15) is 24.3 Å². The van der Waals surface area contributed by atoms with Crippen LogP contribution in [-0.2, 0) is 4.74 Å². The van der Waals surface area contributed by atoms with Crippen molar-refractivity contribution in [3.8, 4) is 16.3 Å². The second kappa shape index (κ2) is 6.33. The molecule has 7 heteroatoms. The monoisotopic (exact) mass is 294 g/mol. The Morgan fingerprint density at radius 1 is 1.40 bits per heavy atom. The number of aromatic nitrogens is 2. The van der Waals surface area contributed by atoms with Crippen molar-refractivity contribution in [1.82, 2.24) is 4.98 Å². The molecule has 106 valence electrons. The Hall–Kier alpha value is -2.15. The van der Waals surface area contributed by atoms with Crippen LogP contribution < -0.4 is 9.47 Å². The summed E-state index contributed by atoms with van der Waals surface area (Å²) in [5.41, 5.74) is 0.845. The van der Waals surface area contributed by atoms with Crippen molar-refractivity contribution < 1.29 is 19.0 Å². The van der Waals surface area contributed by atoms with Crippen molar-refractivity contribution in [1.29, 1.82) is 0 Å². The van der Waals surface area contributed by atoms with E-state index >= 15 is 0 Å². The van der Waals surface area contributed by atoms with E-state index in [1.807, 2.05) is 6.92 Å². The van der Waals surface area contributed by atoms with Crippen LogP contribution in [-0.4, -0.2) is 24.2 Å². The highest BCUT2D eigenvalue weighted by atomic mass is 32.1. The summed E-state index contributed by atoms with van der Waals surface area (Å²) < 4.78 is 10.8. The van der Waals surface area contributed by atoms with Gasteiger partial charge in [0.15, 0.2) is 17.6 Å². The molecule has 0 amide bonds. The van der Waals surface area contributed by atoms with Crippen LogP contribution in [0.15, 0.2) is 23.8 Å². The number of hydrogen-bond acceptors (Lipinski definition) is 6. The lowest BCUT2D eigenvalue weighted by Gasteiger charge is -2.04. The number of rotatable bonds is 5. The van der Waals surface area contributed by atoms with Gasteiger partial charge in [0.05, 0.1) is 18.8 Å². The molecular weight excluding hydrogens is 280 g/mol. The molecule has 6 nitrogen and oxygen atoms in total. The first kappa shape index (κ1) is 14.3. The van der Waals surface area contributed by atoms with Crippen molar-refractivity contribution >= 4 is 17.3 Å². The van der Waals surface area contributed by atoms with Gasteiger partial charge in [-0.3, -0.25) is 0 Å². The fourth-order valence-electron chi connectivity index (χ4n) is 1.60. The molecule has 0 saturated carbocycles. The molecule has 0 aliphatic carbocycles. The number of ether oxygens (including phenoxy) is 2. The van der Waals surface area contributed by atoms with E-state index in [1.165, 1.54) is 23.7 Å². The minimum atomic E-state index is -0.467. The van der Waals surface area contributed by atoms with E-state index in [4.69, 9.17) is 9.47 Å². The third-order valence-electron chi connectivity index (χ3n) is 2.37. The first-order valence-corrected chi connectivity index (χ1v) is 7.01. The predicted molar refractivity (Wildman–Crippen MR) is 73.6 cm³/mol. The molecule has 0 bridgehead atoms. The van der Waals surface area contributed by atoms with E-state index in [9.17, 15) is 10.0 Å². The Morgan fingerprint density at radius 3 is 2.90 bits per heavy atom. The fraction of sp³-hybridized carbons (Fsp3) is 0.308. The van der Waals surface area contributed by atoms with Crippen molar-refractivity contribution in [2.75, 3.05) is 13.2 Å². The van der Waals surface area contributed by atoms with Crippen LogP contribution >= 0.6 is 11.3 Å². The van der Waals surface area contributed by atoms with Crippen LogP contribution in [0, 0.1) is 5.21 Å². The van der Waals surface area contributed by atoms with Gasteiger partial charge in [-0.1, -0.05) is 0 Å². The molecule has 2 aromatic heterocycles. The van der Waals surface area contributed by atoms with Crippen molar-refractivity contribution in [3.05, 3.63) is 34.7 Å². The van der Waals surface area contributed by atoms with E-state index in [0.717, 1.165) is 0 Å². The molecule has 2 aromatic rings. The van der Waals surface area contributed by atoms with Gasteiger partial charge < -0.3 is 14.7 Å². The molecule has 0 atom stereocenters. The average Bonchev–Trinajstić information content (AvgIpc) is 2.88. The Morgan fingerprint density at radius 2 is 2.20 bits per heavy atom. The zero-order valence-electron chi connectivity index (χ0n) is 11.2. The summed E-state index contributed by atoms with van der Waals surface area (Å²) in [5, 5.41) is 13.7. The summed E-state index contributed by atoms with van der Waals surface area (Å²) in [4.78, 5) is 15.7. The second-order valence-corrected chi connectivity index (χ2v) is 4.67. The van der Waals surface area contributed by atoms with Gasteiger partial charge in [0, 0.05) is 11.4 Å². The van der Waals surface area contributed by atoms with Gasteiger partial charge in [-0.05, 0) is 13.8 Å². The molecule has 0 aliphatic heterocycles. The Bertz CT molecular complexity index is 612. The van der Waals surface area contributed by atoms with Crippen molar-refractivity contribution in [2.24, 2.45) is 0 Å². The fourth-order valence-corrected chi connectivity index (χ4v) is 2.37. The van der Waals surface area contributed by atoms with Crippen LogP contribution in [0.2, 0.25) is 0 Å². The van der Waals surface area contributed by atoms with Gasteiger partial charge in [0.1, 0.15) is 5.01 Å². The topological polar surface area (TPSA) is 75.4 Å². The van der Waals surface area contributed by atoms with E-state index in [0.29, 0.717) is 34.3 Å². The van der Waals surface area contributed by atoms with Gasteiger partial charge in [-0.2, -0.15) is 4.73 Å². The molecular formula is C13H14N2O4S. The lowest BCUT2D eigenvalue weighted by atomic mass is 10.3. The molecule has 0 radical (unpaired) electrons. The highest BCUT2D eigenvalue weighted by Gasteiger charge is 2.15. The summed E-state index contributed by atoms with van der Waals surface area (Å²) in [5.74, 6) is -0.00107. The minimum Gasteiger partial charge on any atom is -0.619 e. The largest absolute Gasteiger partial charge is 0.619 e. The summed E-state index contributed by atoms with van der Waals surface area (Å²) in [7, 11) is 0. The molecule has 2 heterocycles. The Kier molecular flexibility index (Phi) is 4.52. The molecule has 0 saturated heterocycles. The minimum absolute atomic E-state index is 0.242. The number of carbonyl (C=O) groups excluding carboxylic acids is 1. The predicted octanol–water partition coefficient (Wildman–Crippen LogP) is 2.02. The van der Waals surface area contributed by atoms with Crippen LogP contribution in [0.3, 0.4) is 0 Å². The molecule has 0 N–H and O–H groups in total. The summed E-state index contributed by atoms with van der Waals surface area (Å²) in [6.07, 6.45) is 2.73. The smallest absolute Gasteiger partial charge is 0.357 e. The zero-order chi connectivity index (χ0) is 14.5. The van der Waals surface area contributed by atoms with E-state index in [-0.39, 0.29) is 5.69 Å². The Labute approximate surface area is 120 Å². The van der Waals surface area contributed by atoms with Gasteiger partial charge in [0.25, 0.3) is 0 Å². The number of carbonyl (C=O) groups is 1. The highest BCUT2D eigenvalue weighted by molar-refractivity contribution is 7.13. The van der Waals surface area contributed by atoms with Crippen LogP contribution in [0.25, 0.3) is 10.6 Å². The summed E-state index contributed by atoms with van der Waals surface area (Å²) >= 11 is 1.27. The van der Waals surface area contributed by atoms with E-state index in [2.05, 4.69) is 4.98 Å². The van der Waals surface area contributed by atoms with E-state index < -0.39 is 5.97 Å². The summed E-state index contributed by atoms with van der Waals surface area (Å²) in [6, 6.07) is 1.71. The molecule has 2 rings (SSSR count). The molecule has 20 heavy (non-hydrogen) atoms. The van der Waals surface area contributed by atoms with Gasteiger partial charge in [-0.25, -0.2) is 9.78 Å². The van der Waals surface area contributed by atoms with Crippen LogP contribution in [0.4, 0.5) is 0 Å². The third kappa shape index (κ3) is 3.24. The maximum atomic E-state index is 11.6. The number of hydrogen-bond donors (Lipinski definition) is 0. The number of pyridine rings is 1. The first-order chi connectivity index (χ1) is 9.63. The lowest BCUT2D eigenvalue weighted by Crippen LogP contribution is -2.25. The SMILES string of the molecule is CCOC(=O)c1csc(-c2cc(OCC)c[n+]([O-])c2)n1. The van der Waals surface area contributed by atoms with Crippen molar-refractivity contribution in [2.45, 2.75) is 13.8 Å². The third-order valence-corrected chi connectivity index (χ3v) is 3.26. The average molecular weight is 294 g/mol. The maximum Gasteiger partial charge on any atom is 0.357 e. The second-order valence-electron chi connectivity index (χ2n) is 3.81. The van der Waals surface area contributed by atoms with Gasteiger partial charge >= 0.3 is 5.97 Å². The van der Waals surface area contributed by atoms with Gasteiger partial charge in [-0.15, -0.1) is 11.3 Å². The number of thiazole rings is 1. The van der Waals surface area contributed by atoms with E-state index in [1.54, 1.807) is 18.4 Å². The molecule has 0 aliphatic rings. The highest BCUT2D eigenvalue weighted by Crippen LogP contribution is 2.25. The lowest BCUT2D eigenvalue weighted by molar-refractivity contribution is -0.605. The standard InChI is InChI=1S/C13H14N2O4S/c1-3-18-10-5-9(6-15(17)7-10)12-14-11(8-20-12)13(16)19-4-2/h5-8H,3-4H2,1-2H3. The van der Waals surface area contributed by atoms with Crippen molar-refractivity contribution in [3.63, 3.8) is 0 Å². The number of esters is 1. The molecule has 0 spiro atoms. The molecule has 0 fully saturated rings. The maximum absolute atomic E-state index is 11.6. The first-order valence-electron chi connectivity index (χ1n) is 6.13. The van der Waals surface area contributed by atoms with Gasteiger partial charge in [0.2, 0.25) is 6.20 Å². The Balaban J connectivity index is 2.29. The number of nitrogens with zero attached hydrogens (tertiary/aromatic N) is 2. The van der Waals surface area contributed by atoms with Crippen LogP contribution in [0.5, 0.6) is 5.75 Å². The summed E-state index contributed by atoms with van der Waals surface area (Å²) in [6.45, 7) is 4.34. The molecule has 0 aromatic carbocycles. The zero-order valence-corrected chi connectivity index (χ0v) is 12.0. The quantitative estimate of drug-likeness (QED) is 0.479. The molecule has 0 unspecified atom stereocenters. The normalized spacial score (nSPS) is 10.3.